The normalized spacial score (nSPS) is 10.2. The van der Waals surface area contributed by atoms with Crippen LogP contribution < -0.4 is 28.5 Å². The Morgan fingerprint density at radius 3 is 2.47 bits per heavy atom. The van der Waals surface area contributed by atoms with Crippen molar-refractivity contribution in [3.05, 3.63) is 52.5 Å². The Hall–Kier alpha value is -0.680. The highest BCUT2D eigenvalue weighted by Crippen LogP contribution is 2.12. The van der Waals surface area contributed by atoms with Crippen molar-refractivity contribution >= 4 is 23.5 Å². The van der Waals surface area contributed by atoms with Crippen LogP contribution in [0.5, 0.6) is 0 Å². The van der Waals surface area contributed by atoms with Crippen LogP contribution in [0.4, 0.5) is 0 Å². The minimum atomic E-state index is 0. The summed E-state index contributed by atoms with van der Waals surface area (Å²) in [5.74, 6) is 0. The van der Waals surface area contributed by atoms with Gasteiger partial charge in [-0.1, -0.05) is 12.1 Å². The van der Waals surface area contributed by atoms with Crippen molar-refractivity contribution in [2.75, 3.05) is 0 Å². The summed E-state index contributed by atoms with van der Waals surface area (Å²) in [4.78, 5) is 1.29. The molecular formula is C12H12INS. The van der Waals surface area contributed by atoms with Gasteiger partial charge in [-0.05, 0) is 23.1 Å². The Morgan fingerprint density at radius 1 is 1.13 bits per heavy atom. The molecular weight excluding hydrogens is 317 g/mol. The lowest BCUT2D eigenvalue weighted by molar-refractivity contribution is -0.671. The summed E-state index contributed by atoms with van der Waals surface area (Å²) >= 11 is 1.75. The molecule has 0 saturated heterocycles. The van der Waals surface area contributed by atoms with Crippen LogP contribution in [0.25, 0.3) is 12.2 Å². The average Bonchev–Trinajstić information content (AvgIpc) is 2.70. The first-order valence-corrected chi connectivity index (χ1v) is 5.39. The zero-order valence-corrected chi connectivity index (χ0v) is 11.4. The van der Waals surface area contributed by atoms with Crippen molar-refractivity contribution in [3.8, 4) is 0 Å². The van der Waals surface area contributed by atoms with Crippen LogP contribution >= 0.6 is 11.3 Å². The number of hydrogen-bond donors (Lipinski definition) is 0. The lowest BCUT2D eigenvalue weighted by Crippen LogP contribution is -3.00. The predicted octanol–water partition coefficient (Wildman–Crippen LogP) is -0.253. The van der Waals surface area contributed by atoms with Gasteiger partial charge in [-0.3, -0.25) is 0 Å². The van der Waals surface area contributed by atoms with Gasteiger partial charge in [0.2, 0.25) is 0 Å². The minimum Gasteiger partial charge on any atom is -1.00 e. The Labute approximate surface area is 111 Å². The Bertz CT molecular complexity index is 417. The number of aromatic nitrogens is 1. The average molecular weight is 329 g/mol. The third-order valence-electron chi connectivity index (χ3n) is 1.99. The number of hydrogen-bond acceptors (Lipinski definition) is 1. The van der Waals surface area contributed by atoms with Crippen LogP contribution in [-0.4, -0.2) is 0 Å². The van der Waals surface area contributed by atoms with E-state index < -0.39 is 0 Å². The van der Waals surface area contributed by atoms with Gasteiger partial charge >= 0.3 is 0 Å². The molecule has 15 heavy (non-hydrogen) atoms. The smallest absolute Gasteiger partial charge is 0.169 e. The highest BCUT2D eigenvalue weighted by molar-refractivity contribution is 7.10. The maximum atomic E-state index is 2.14. The zero-order chi connectivity index (χ0) is 9.80. The highest BCUT2D eigenvalue weighted by atomic mass is 127. The molecule has 2 rings (SSSR count). The number of halogens is 1. The molecule has 3 heteroatoms. The number of pyridine rings is 1. The van der Waals surface area contributed by atoms with Gasteiger partial charge in [0.1, 0.15) is 7.05 Å². The molecule has 0 aliphatic carbocycles. The summed E-state index contributed by atoms with van der Waals surface area (Å²) < 4.78 is 2.03. The third kappa shape index (κ3) is 3.76. The van der Waals surface area contributed by atoms with E-state index in [1.807, 2.05) is 24.0 Å². The molecule has 0 N–H and O–H groups in total. The number of thiophene rings is 1. The summed E-state index contributed by atoms with van der Waals surface area (Å²) in [5, 5.41) is 2.09. The van der Waals surface area contributed by atoms with Crippen molar-refractivity contribution in [1.29, 1.82) is 0 Å². The molecule has 0 fully saturated rings. The fourth-order valence-electron chi connectivity index (χ4n) is 1.19. The molecule has 2 aromatic rings. The molecule has 1 nitrogen and oxygen atoms in total. The Balaban J connectivity index is 0.00000112. The third-order valence-corrected chi connectivity index (χ3v) is 2.83. The van der Waals surface area contributed by atoms with Gasteiger partial charge in [0, 0.05) is 17.0 Å². The van der Waals surface area contributed by atoms with E-state index in [1.54, 1.807) is 11.3 Å². The fourth-order valence-corrected chi connectivity index (χ4v) is 1.81. The summed E-state index contributed by atoms with van der Waals surface area (Å²) in [7, 11) is 2.02. The van der Waals surface area contributed by atoms with Crippen LogP contribution in [0.3, 0.4) is 0 Å². The topological polar surface area (TPSA) is 3.88 Å². The second-order valence-electron chi connectivity index (χ2n) is 3.15. The van der Waals surface area contributed by atoms with Gasteiger partial charge in [-0.15, -0.1) is 11.3 Å². The van der Waals surface area contributed by atoms with Gasteiger partial charge in [-0.2, -0.15) is 0 Å². The number of nitrogens with zero attached hydrogens (tertiary/aromatic N) is 1. The van der Waals surface area contributed by atoms with Crippen molar-refractivity contribution in [1.82, 2.24) is 0 Å². The van der Waals surface area contributed by atoms with Crippen LogP contribution in [0, 0.1) is 0 Å². The van der Waals surface area contributed by atoms with Crippen molar-refractivity contribution in [2.24, 2.45) is 7.05 Å². The van der Waals surface area contributed by atoms with E-state index in [-0.39, 0.29) is 24.0 Å². The van der Waals surface area contributed by atoms with Gasteiger partial charge in [-0.25, -0.2) is 4.57 Å². The van der Waals surface area contributed by atoms with Gasteiger partial charge < -0.3 is 24.0 Å². The second kappa shape index (κ2) is 6.02. The Kier molecular flexibility index (Phi) is 4.98. The standard InChI is InChI=1S/C12H12NS.HI/c1-13-8-6-11(7-9-13)4-5-12-3-2-10-14-12;/h2-10H,1H3;1H/q+1;/p-1/b5-4+;. The number of aryl methyl sites for hydroxylation is 1. The molecule has 0 amide bonds. The van der Waals surface area contributed by atoms with E-state index >= 15 is 0 Å². The minimum absolute atomic E-state index is 0. The highest BCUT2D eigenvalue weighted by Gasteiger charge is 1.91. The first kappa shape index (κ1) is 12.4. The van der Waals surface area contributed by atoms with Crippen LogP contribution in [0.2, 0.25) is 0 Å². The number of rotatable bonds is 2. The maximum absolute atomic E-state index is 2.14. The maximum Gasteiger partial charge on any atom is 0.169 e. The molecule has 0 aliphatic rings. The van der Waals surface area contributed by atoms with Crippen LogP contribution in [0.15, 0.2) is 42.0 Å². The first-order chi connectivity index (χ1) is 6.84. The lowest BCUT2D eigenvalue weighted by atomic mass is 10.2. The lowest BCUT2D eigenvalue weighted by Gasteiger charge is -1.89. The molecule has 2 heterocycles. The summed E-state index contributed by atoms with van der Waals surface area (Å²) in [6.45, 7) is 0. The first-order valence-electron chi connectivity index (χ1n) is 4.51. The van der Waals surface area contributed by atoms with Crippen molar-refractivity contribution < 1.29 is 28.5 Å². The molecule has 2 aromatic heterocycles. The van der Waals surface area contributed by atoms with Crippen LogP contribution in [-0.2, 0) is 7.05 Å². The monoisotopic (exact) mass is 329 g/mol. The molecule has 0 aliphatic heterocycles. The molecule has 0 saturated carbocycles. The fraction of sp³-hybridized carbons (Fsp3) is 0.0833. The molecule has 0 radical (unpaired) electrons. The molecule has 78 valence electrons. The quantitative estimate of drug-likeness (QED) is 0.528. The molecule has 0 aromatic carbocycles. The molecule has 0 unspecified atom stereocenters. The predicted molar refractivity (Wildman–Crippen MR) is 60.9 cm³/mol. The van der Waals surface area contributed by atoms with E-state index in [1.165, 1.54) is 10.4 Å². The summed E-state index contributed by atoms with van der Waals surface area (Å²) in [6, 6.07) is 8.38. The van der Waals surface area contributed by atoms with E-state index in [0.29, 0.717) is 0 Å². The largest absolute Gasteiger partial charge is 1.00 e. The van der Waals surface area contributed by atoms with Crippen LogP contribution in [0.1, 0.15) is 10.4 Å². The molecule has 0 atom stereocenters. The molecule has 0 spiro atoms. The molecule has 0 bridgehead atoms. The summed E-state index contributed by atoms with van der Waals surface area (Å²) in [5.41, 5.74) is 1.23. The second-order valence-corrected chi connectivity index (χ2v) is 4.12. The van der Waals surface area contributed by atoms with Gasteiger partial charge in [0.25, 0.3) is 0 Å². The van der Waals surface area contributed by atoms with Crippen molar-refractivity contribution in [2.45, 2.75) is 0 Å². The summed E-state index contributed by atoms with van der Waals surface area (Å²) in [6.07, 6.45) is 8.37. The van der Waals surface area contributed by atoms with E-state index in [2.05, 4.69) is 41.8 Å². The zero-order valence-electron chi connectivity index (χ0n) is 8.43. The van der Waals surface area contributed by atoms with E-state index in [4.69, 9.17) is 0 Å². The Morgan fingerprint density at radius 2 is 1.87 bits per heavy atom. The van der Waals surface area contributed by atoms with Crippen molar-refractivity contribution in [3.63, 3.8) is 0 Å². The van der Waals surface area contributed by atoms with Gasteiger partial charge in [0.05, 0.1) is 0 Å². The van der Waals surface area contributed by atoms with Gasteiger partial charge in [0.15, 0.2) is 12.4 Å². The SMILES string of the molecule is C[n+]1ccc(/C=C/c2cccs2)cc1.[I-]. The van der Waals surface area contributed by atoms with E-state index in [9.17, 15) is 0 Å². The van der Waals surface area contributed by atoms with E-state index in [0.717, 1.165) is 0 Å².